The number of carbonyl (C=O) groups excluding carboxylic acids is 1. The Kier molecular flexibility index (Phi) is 5.86. The smallest absolute Gasteiger partial charge is 0.336 e. The highest BCUT2D eigenvalue weighted by molar-refractivity contribution is 7.91. The number of benzene rings is 1. The van der Waals surface area contributed by atoms with Gasteiger partial charge in [0, 0.05) is 55.9 Å². The Morgan fingerprint density at radius 2 is 1.81 bits per heavy atom. The number of hydrogen-bond donors (Lipinski definition) is 0. The Bertz CT molecular complexity index is 1260. The summed E-state index contributed by atoms with van der Waals surface area (Å²) >= 11 is 1.38. The van der Waals surface area contributed by atoms with Gasteiger partial charge in [0.05, 0.1) is 10.6 Å². The minimum absolute atomic E-state index is 0.132. The minimum Gasteiger partial charge on any atom is -0.336 e. The zero-order valence-electron chi connectivity index (χ0n) is 16.1. The fourth-order valence-electron chi connectivity index (χ4n) is 3.38. The highest BCUT2D eigenvalue weighted by Crippen LogP contribution is 2.20. The second kappa shape index (κ2) is 8.44. The van der Waals surface area contributed by atoms with Crippen molar-refractivity contribution >= 4 is 32.0 Å². The molecule has 1 aliphatic rings. The second-order valence-electron chi connectivity index (χ2n) is 7.04. The minimum atomic E-state index is -4.69. The van der Waals surface area contributed by atoms with Crippen molar-refractivity contribution in [1.29, 1.82) is 0 Å². The predicted molar refractivity (Wildman–Crippen MR) is 110 cm³/mol. The number of hydrogen-bond acceptors (Lipinski definition) is 7. The first-order chi connectivity index (χ1) is 14.8. The molecule has 0 atom stereocenters. The van der Waals surface area contributed by atoms with E-state index in [1.165, 1.54) is 33.9 Å². The van der Waals surface area contributed by atoms with Crippen LogP contribution in [0.25, 0.3) is 4.96 Å². The first-order valence-corrected chi connectivity index (χ1v) is 11.8. The van der Waals surface area contributed by atoms with Gasteiger partial charge in [-0.3, -0.25) is 18.9 Å². The van der Waals surface area contributed by atoms with Gasteiger partial charge in [-0.2, -0.15) is 8.78 Å². The number of carbonyl (C=O) groups is 1. The molecular formula is C19H18F2N4O4S2. The van der Waals surface area contributed by atoms with Crippen LogP contribution >= 0.6 is 11.3 Å². The summed E-state index contributed by atoms with van der Waals surface area (Å²) in [6.45, 7) is 2.53. The lowest BCUT2D eigenvalue weighted by Gasteiger charge is -2.34. The molecule has 0 aliphatic carbocycles. The monoisotopic (exact) mass is 468 g/mol. The number of sulfone groups is 1. The van der Waals surface area contributed by atoms with E-state index in [9.17, 15) is 26.8 Å². The van der Waals surface area contributed by atoms with Crippen LogP contribution in [0.4, 0.5) is 8.78 Å². The SMILES string of the molecule is O=C(c1ccc(S(=O)(=O)C(F)F)cc1)N1CCN(Cc2cc(=O)n3ccsc3n2)CC1. The van der Waals surface area contributed by atoms with Gasteiger partial charge in [0.25, 0.3) is 11.5 Å². The van der Waals surface area contributed by atoms with E-state index < -0.39 is 20.5 Å². The van der Waals surface area contributed by atoms with Gasteiger partial charge in [-0.1, -0.05) is 0 Å². The molecule has 2 aromatic heterocycles. The summed E-state index contributed by atoms with van der Waals surface area (Å²) in [5.74, 6) is -3.80. The quantitative estimate of drug-likeness (QED) is 0.566. The number of fused-ring (bicyclic) bond motifs is 1. The summed E-state index contributed by atoms with van der Waals surface area (Å²) in [5, 5.41) is 1.80. The second-order valence-corrected chi connectivity index (χ2v) is 9.83. The molecule has 1 aromatic carbocycles. The van der Waals surface area contributed by atoms with Crippen LogP contribution in [0.15, 0.2) is 51.6 Å². The Labute approximate surface area is 180 Å². The summed E-state index contributed by atoms with van der Waals surface area (Å²) in [6.07, 6.45) is 1.68. The Morgan fingerprint density at radius 1 is 1.13 bits per heavy atom. The third kappa shape index (κ3) is 4.36. The van der Waals surface area contributed by atoms with Crippen LogP contribution in [0.3, 0.4) is 0 Å². The molecule has 0 unspecified atom stereocenters. The van der Waals surface area contributed by atoms with Crippen molar-refractivity contribution in [3.05, 3.63) is 63.5 Å². The van der Waals surface area contributed by atoms with E-state index in [0.717, 1.165) is 12.1 Å². The summed E-state index contributed by atoms with van der Waals surface area (Å²) in [7, 11) is -4.69. The average molecular weight is 469 g/mol. The molecular weight excluding hydrogens is 450 g/mol. The van der Waals surface area contributed by atoms with E-state index in [1.54, 1.807) is 16.5 Å². The number of aromatic nitrogens is 2. The maximum atomic E-state index is 12.7. The maximum Gasteiger partial charge on any atom is 0.341 e. The number of alkyl halides is 2. The molecule has 3 heterocycles. The molecule has 3 aromatic rings. The van der Waals surface area contributed by atoms with Crippen molar-refractivity contribution in [2.75, 3.05) is 26.2 Å². The zero-order chi connectivity index (χ0) is 22.2. The topological polar surface area (TPSA) is 92.1 Å². The van der Waals surface area contributed by atoms with Gasteiger partial charge in [-0.15, -0.1) is 11.3 Å². The summed E-state index contributed by atoms with van der Waals surface area (Å²) in [5.41, 5.74) is 0.773. The van der Waals surface area contributed by atoms with E-state index in [1.807, 2.05) is 0 Å². The van der Waals surface area contributed by atoms with Gasteiger partial charge in [-0.05, 0) is 24.3 Å². The third-order valence-corrected chi connectivity index (χ3v) is 7.22. The molecule has 0 N–H and O–H groups in total. The predicted octanol–water partition coefficient (Wildman–Crippen LogP) is 1.71. The Balaban J connectivity index is 1.38. The molecule has 0 radical (unpaired) electrons. The van der Waals surface area contributed by atoms with Crippen molar-refractivity contribution in [1.82, 2.24) is 19.2 Å². The zero-order valence-corrected chi connectivity index (χ0v) is 17.8. The lowest BCUT2D eigenvalue weighted by molar-refractivity contribution is 0.0627. The number of rotatable bonds is 5. The fraction of sp³-hybridized carbons (Fsp3) is 0.316. The van der Waals surface area contributed by atoms with Crippen LogP contribution in [-0.4, -0.2) is 65.4 Å². The van der Waals surface area contributed by atoms with Crippen LogP contribution in [0, 0.1) is 0 Å². The van der Waals surface area contributed by atoms with Crippen LogP contribution in [0.5, 0.6) is 0 Å². The fourth-order valence-corrected chi connectivity index (χ4v) is 4.84. The van der Waals surface area contributed by atoms with E-state index in [0.29, 0.717) is 43.4 Å². The summed E-state index contributed by atoms with van der Waals surface area (Å²) in [6, 6.07) is 6.05. The molecule has 0 saturated carbocycles. The number of nitrogens with zero attached hydrogens (tertiary/aromatic N) is 4. The molecule has 1 saturated heterocycles. The van der Waals surface area contributed by atoms with Gasteiger partial charge >= 0.3 is 5.76 Å². The number of amides is 1. The van der Waals surface area contributed by atoms with Gasteiger partial charge in [0.2, 0.25) is 9.84 Å². The maximum absolute atomic E-state index is 12.7. The molecule has 8 nitrogen and oxygen atoms in total. The Hall–Kier alpha value is -2.70. The van der Waals surface area contributed by atoms with E-state index >= 15 is 0 Å². The molecule has 4 rings (SSSR count). The van der Waals surface area contributed by atoms with Gasteiger partial charge in [-0.25, -0.2) is 13.4 Å². The standard InChI is InChI=1S/C19H18F2N4O4S2/c20-18(21)31(28,29)15-3-1-13(2-4-15)17(27)24-7-5-23(6-8-24)12-14-11-16(26)25-9-10-30-19(25)22-14/h1-4,9-11,18H,5-8,12H2. The van der Waals surface area contributed by atoms with Gasteiger partial charge in [0.1, 0.15) is 0 Å². The number of thiazole rings is 1. The van der Waals surface area contributed by atoms with Crippen molar-refractivity contribution < 1.29 is 22.0 Å². The third-order valence-electron chi connectivity index (χ3n) is 5.07. The van der Waals surface area contributed by atoms with E-state index in [2.05, 4.69) is 9.88 Å². The molecule has 0 spiro atoms. The van der Waals surface area contributed by atoms with Crippen LogP contribution < -0.4 is 5.56 Å². The summed E-state index contributed by atoms with van der Waals surface area (Å²) < 4.78 is 49.8. The molecule has 1 amide bonds. The highest BCUT2D eigenvalue weighted by atomic mass is 32.2. The number of piperazine rings is 1. The molecule has 164 valence electrons. The first-order valence-electron chi connectivity index (χ1n) is 9.35. The van der Waals surface area contributed by atoms with Crippen LogP contribution in [0.2, 0.25) is 0 Å². The lowest BCUT2D eigenvalue weighted by Crippen LogP contribution is -2.48. The summed E-state index contributed by atoms with van der Waals surface area (Å²) in [4.78, 5) is 33.1. The normalized spacial score (nSPS) is 15.6. The van der Waals surface area contributed by atoms with E-state index in [4.69, 9.17) is 0 Å². The molecule has 12 heteroatoms. The lowest BCUT2D eigenvalue weighted by atomic mass is 10.2. The van der Waals surface area contributed by atoms with Gasteiger partial charge in [0.15, 0.2) is 4.96 Å². The average Bonchev–Trinajstić information content (AvgIpc) is 3.23. The number of halogens is 2. The van der Waals surface area contributed by atoms with Gasteiger partial charge < -0.3 is 4.90 Å². The largest absolute Gasteiger partial charge is 0.341 e. The molecule has 1 fully saturated rings. The van der Waals surface area contributed by atoms with Crippen molar-refractivity contribution in [3.63, 3.8) is 0 Å². The van der Waals surface area contributed by atoms with Crippen molar-refractivity contribution in [3.8, 4) is 0 Å². The van der Waals surface area contributed by atoms with E-state index in [-0.39, 0.29) is 17.0 Å². The van der Waals surface area contributed by atoms with Crippen LogP contribution in [0.1, 0.15) is 16.1 Å². The van der Waals surface area contributed by atoms with Crippen LogP contribution in [-0.2, 0) is 16.4 Å². The molecule has 1 aliphatic heterocycles. The molecule has 0 bridgehead atoms. The van der Waals surface area contributed by atoms with Crippen molar-refractivity contribution in [2.45, 2.75) is 17.2 Å². The molecule has 31 heavy (non-hydrogen) atoms. The first kappa shape index (κ1) is 21.5. The highest BCUT2D eigenvalue weighted by Gasteiger charge is 2.27. The Morgan fingerprint density at radius 3 is 2.45 bits per heavy atom. The van der Waals surface area contributed by atoms with Crippen molar-refractivity contribution in [2.24, 2.45) is 0 Å².